The summed E-state index contributed by atoms with van der Waals surface area (Å²) in [6.07, 6.45) is -1.80. The summed E-state index contributed by atoms with van der Waals surface area (Å²) in [6, 6.07) is 11.9. The molecule has 2 fully saturated rings. The lowest BCUT2D eigenvalue weighted by Crippen LogP contribution is -2.39. The Hall–Kier alpha value is -3.84. The number of alkyl halides is 3. The average Bonchev–Trinajstić information content (AvgIpc) is 2.96. The maximum absolute atomic E-state index is 12.6. The molecule has 0 bridgehead atoms. The van der Waals surface area contributed by atoms with Crippen LogP contribution in [0.15, 0.2) is 42.5 Å². The number of carbonyl (C=O) groups excluding carboxylic acids is 1. The molecule has 0 spiro atoms. The average molecular weight is 582 g/mol. The van der Waals surface area contributed by atoms with Crippen LogP contribution in [0.3, 0.4) is 0 Å². The van der Waals surface area contributed by atoms with Crippen molar-refractivity contribution >= 4 is 29.2 Å². The van der Waals surface area contributed by atoms with E-state index in [-0.39, 0.29) is 11.5 Å². The third kappa shape index (κ3) is 9.64. The predicted molar refractivity (Wildman–Crippen MR) is 145 cm³/mol. The van der Waals surface area contributed by atoms with Gasteiger partial charge in [0.05, 0.1) is 31.6 Å². The number of carbonyl (C=O) groups is 3. The Labute approximate surface area is 235 Å². The number of piperidine rings is 1. The maximum atomic E-state index is 12.6. The lowest BCUT2D eigenvalue weighted by Gasteiger charge is -2.35. The lowest BCUT2D eigenvalue weighted by molar-refractivity contribution is -0.192. The number of carboxylic acids is 2. The van der Waals surface area contributed by atoms with Crippen LogP contribution >= 0.6 is 0 Å². The minimum absolute atomic E-state index is 0.208. The number of ether oxygens (including phenoxy) is 2. The minimum Gasteiger partial charge on any atom is -0.497 e. The van der Waals surface area contributed by atoms with Gasteiger partial charge in [-0.1, -0.05) is 0 Å². The maximum Gasteiger partial charge on any atom is 0.490 e. The van der Waals surface area contributed by atoms with Crippen LogP contribution in [0.5, 0.6) is 5.75 Å². The Bertz CT molecular complexity index is 1180. The van der Waals surface area contributed by atoms with Gasteiger partial charge in [-0.2, -0.15) is 13.2 Å². The summed E-state index contributed by atoms with van der Waals surface area (Å²) in [5.41, 5.74) is 1.85. The van der Waals surface area contributed by atoms with Gasteiger partial charge in [0.1, 0.15) is 5.75 Å². The molecule has 2 aliphatic heterocycles. The quantitative estimate of drug-likeness (QED) is 0.420. The van der Waals surface area contributed by atoms with Crippen LogP contribution in [-0.2, 0) is 9.53 Å². The molecular weight excluding hydrogens is 547 g/mol. The first kappa shape index (κ1) is 31.7. The zero-order valence-corrected chi connectivity index (χ0v) is 22.7. The largest absolute Gasteiger partial charge is 0.497 e. The van der Waals surface area contributed by atoms with E-state index in [0.717, 1.165) is 58.8 Å². The Morgan fingerprint density at radius 1 is 1.00 bits per heavy atom. The molecule has 0 radical (unpaired) electrons. The van der Waals surface area contributed by atoms with Gasteiger partial charge in [-0.15, -0.1) is 0 Å². The van der Waals surface area contributed by atoms with Crippen molar-refractivity contribution in [2.45, 2.75) is 25.4 Å². The molecule has 2 aliphatic rings. The number of aliphatic carboxylic acids is 1. The summed E-state index contributed by atoms with van der Waals surface area (Å²) < 4.78 is 42.3. The summed E-state index contributed by atoms with van der Waals surface area (Å²) in [4.78, 5) is 38.1. The van der Waals surface area contributed by atoms with Crippen molar-refractivity contribution in [3.8, 4) is 5.75 Å². The number of hydrogen-bond donors (Lipinski definition) is 3. The molecule has 41 heavy (non-hydrogen) atoms. The first-order valence-corrected chi connectivity index (χ1v) is 13.2. The molecule has 2 aromatic rings. The Balaban J connectivity index is 0.000000587. The number of aromatic carboxylic acids is 1. The first-order valence-electron chi connectivity index (χ1n) is 13.2. The van der Waals surface area contributed by atoms with E-state index in [4.69, 9.17) is 19.4 Å². The summed E-state index contributed by atoms with van der Waals surface area (Å²) in [5, 5.41) is 19.8. The SMILES string of the molecule is COc1ccc(C(=O)Nc2ccc(N3CCC(CCN4CCOCC4)CC3)c(C(=O)O)c2)cc1.O=C(O)C(F)(F)F. The summed E-state index contributed by atoms with van der Waals surface area (Å²) in [7, 11) is 1.57. The van der Waals surface area contributed by atoms with Crippen molar-refractivity contribution in [1.29, 1.82) is 0 Å². The van der Waals surface area contributed by atoms with Crippen molar-refractivity contribution in [3.63, 3.8) is 0 Å². The van der Waals surface area contributed by atoms with Gasteiger partial charge in [-0.3, -0.25) is 9.69 Å². The van der Waals surface area contributed by atoms with Gasteiger partial charge in [0.2, 0.25) is 0 Å². The number of nitrogens with zero attached hydrogens (tertiary/aromatic N) is 2. The third-order valence-electron chi connectivity index (χ3n) is 6.99. The fourth-order valence-electron chi connectivity index (χ4n) is 4.66. The van der Waals surface area contributed by atoms with E-state index < -0.39 is 18.1 Å². The van der Waals surface area contributed by atoms with E-state index in [1.54, 1.807) is 49.6 Å². The molecule has 13 heteroatoms. The third-order valence-corrected chi connectivity index (χ3v) is 6.99. The Morgan fingerprint density at radius 2 is 1.61 bits per heavy atom. The van der Waals surface area contributed by atoms with Crippen LogP contribution in [0.25, 0.3) is 0 Å². The van der Waals surface area contributed by atoms with E-state index in [2.05, 4.69) is 15.1 Å². The number of morpholine rings is 1. The zero-order valence-electron chi connectivity index (χ0n) is 22.7. The van der Waals surface area contributed by atoms with Crippen molar-refractivity contribution in [3.05, 3.63) is 53.6 Å². The highest BCUT2D eigenvalue weighted by Gasteiger charge is 2.38. The van der Waals surface area contributed by atoms with E-state index in [1.807, 2.05) is 0 Å². The minimum atomic E-state index is -5.08. The number of carboxylic acid groups (broad SMARTS) is 2. The van der Waals surface area contributed by atoms with E-state index in [9.17, 15) is 27.9 Å². The van der Waals surface area contributed by atoms with Crippen LogP contribution in [0.1, 0.15) is 40.0 Å². The van der Waals surface area contributed by atoms with Crippen molar-refractivity contribution < 1.29 is 47.2 Å². The fraction of sp³-hybridized carbons (Fsp3) is 0.464. The topological polar surface area (TPSA) is 129 Å². The number of anilines is 2. The van der Waals surface area contributed by atoms with Crippen molar-refractivity contribution in [2.24, 2.45) is 5.92 Å². The molecule has 4 rings (SSSR count). The number of benzene rings is 2. The number of nitrogens with one attached hydrogen (secondary N) is 1. The lowest BCUT2D eigenvalue weighted by atomic mass is 9.92. The second kappa shape index (κ2) is 14.7. The van der Waals surface area contributed by atoms with Gasteiger partial charge >= 0.3 is 18.1 Å². The smallest absolute Gasteiger partial charge is 0.490 e. The molecule has 10 nitrogen and oxygen atoms in total. The molecule has 2 heterocycles. The number of methoxy groups -OCH3 is 1. The van der Waals surface area contributed by atoms with Gasteiger partial charge in [0, 0.05) is 37.4 Å². The van der Waals surface area contributed by atoms with Crippen LogP contribution < -0.4 is 15.0 Å². The molecule has 0 unspecified atom stereocenters. The van der Waals surface area contributed by atoms with Gasteiger partial charge in [0.25, 0.3) is 5.91 Å². The molecule has 3 N–H and O–H groups in total. The summed E-state index contributed by atoms with van der Waals surface area (Å²) >= 11 is 0. The molecular formula is C28H34F3N3O7. The van der Waals surface area contributed by atoms with Crippen LogP contribution in [0, 0.1) is 5.92 Å². The number of halogens is 3. The molecule has 2 saturated heterocycles. The predicted octanol–water partition coefficient (Wildman–Crippen LogP) is 4.22. The Kier molecular flexibility index (Phi) is 11.4. The van der Waals surface area contributed by atoms with Gasteiger partial charge in [-0.05, 0) is 74.2 Å². The summed E-state index contributed by atoms with van der Waals surface area (Å²) in [5.74, 6) is -2.72. The molecule has 0 saturated carbocycles. The Morgan fingerprint density at radius 3 is 2.15 bits per heavy atom. The molecule has 1 amide bonds. The van der Waals surface area contributed by atoms with Crippen LogP contribution in [0.4, 0.5) is 24.5 Å². The van der Waals surface area contributed by atoms with E-state index in [1.165, 1.54) is 6.42 Å². The molecule has 224 valence electrons. The first-order chi connectivity index (χ1) is 19.5. The number of amides is 1. The monoisotopic (exact) mass is 581 g/mol. The van der Waals surface area contributed by atoms with Gasteiger partial charge < -0.3 is 29.9 Å². The van der Waals surface area contributed by atoms with Crippen LogP contribution in [0.2, 0.25) is 0 Å². The highest BCUT2D eigenvalue weighted by Crippen LogP contribution is 2.30. The second-order valence-electron chi connectivity index (χ2n) is 9.70. The van der Waals surface area contributed by atoms with Gasteiger partial charge in [0.15, 0.2) is 0 Å². The fourth-order valence-corrected chi connectivity index (χ4v) is 4.66. The van der Waals surface area contributed by atoms with E-state index >= 15 is 0 Å². The van der Waals surface area contributed by atoms with Gasteiger partial charge in [-0.25, -0.2) is 9.59 Å². The normalized spacial score (nSPS) is 16.3. The summed E-state index contributed by atoms with van der Waals surface area (Å²) in [6.45, 7) is 6.47. The van der Waals surface area contributed by atoms with E-state index in [0.29, 0.717) is 28.6 Å². The number of rotatable bonds is 8. The van der Waals surface area contributed by atoms with Crippen molar-refractivity contribution in [2.75, 3.05) is 63.3 Å². The number of hydrogen-bond acceptors (Lipinski definition) is 7. The molecule has 0 aromatic heterocycles. The highest BCUT2D eigenvalue weighted by atomic mass is 19.4. The highest BCUT2D eigenvalue weighted by molar-refractivity contribution is 6.05. The second-order valence-corrected chi connectivity index (χ2v) is 9.70. The van der Waals surface area contributed by atoms with Crippen molar-refractivity contribution in [1.82, 2.24) is 4.90 Å². The molecule has 0 atom stereocenters. The molecule has 0 aliphatic carbocycles. The van der Waals surface area contributed by atoms with Crippen LogP contribution in [-0.4, -0.2) is 92.2 Å². The standard InChI is InChI=1S/C26H33N3O5.C2HF3O2/c1-33-22-5-2-20(3-6-22)25(30)27-21-4-7-24(23(18-21)26(31)32)29-12-9-19(10-13-29)8-11-28-14-16-34-17-15-28;3-2(4,5)1(6)7/h2-7,18-19H,8-17H2,1H3,(H,27,30)(H,31,32);(H,6,7). The zero-order chi connectivity index (χ0) is 30.0. The molecule has 2 aromatic carbocycles.